The van der Waals surface area contributed by atoms with Gasteiger partial charge in [-0.15, -0.1) is 5.10 Å². The Morgan fingerprint density at radius 1 is 1.12 bits per heavy atom. The molecule has 0 bridgehead atoms. The smallest absolute Gasteiger partial charge is 0.291 e. The zero-order chi connectivity index (χ0) is 22.4. The number of benzene rings is 2. The number of carbonyl (C=O) groups excluding carboxylic acids is 1. The molecule has 0 aliphatic carbocycles. The topological polar surface area (TPSA) is 76.8 Å². The second kappa shape index (κ2) is 8.14. The van der Waals surface area contributed by atoms with Crippen molar-refractivity contribution in [2.24, 2.45) is 0 Å². The van der Waals surface area contributed by atoms with Crippen molar-refractivity contribution in [2.45, 2.75) is 19.8 Å². The quantitative estimate of drug-likeness (QED) is 0.383. The third-order valence-electron chi connectivity index (χ3n) is 5.37. The van der Waals surface area contributed by atoms with Gasteiger partial charge in [0, 0.05) is 22.6 Å². The molecule has 1 aliphatic heterocycles. The molecule has 32 heavy (non-hydrogen) atoms. The fourth-order valence-electron chi connectivity index (χ4n) is 3.65. The lowest BCUT2D eigenvalue weighted by atomic mass is 10.1. The fourth-order valence-corrected chi connectivity index (χ4v) is 5.01. The van der Waals surface area contributed by atoms with Gasteiger partial charge in [0.05, 0.1) is 17.9 Å². The Morgan fingerprint density at radius 3 is 2.62 bits per heavy atom. The van der Waals surface area contributed by atoms with Crippen molar-refractivity contribution in [1.29, 1.82) is 0 Å². The Balaban J connectivity index is 1.55. The Kier molecular flexibility index (Phi) is 5.30. The summed E-state index contributed by atoms with van der Waals surface area (Å²) in [5, 5.41) is 4.41. The third-order valence-corrected chi connectivity index (χ3v) is 6.89. The van der Waals surface area contributed by atoms with Gasteiger partial charge in [0.1, 0.15) is 10.3 Å². The van der Waals surface area contributed by atoms with Crippen LogP contribution in [0.3, 0.4) is 0 Å². The van der Waals surface area contributed by atoms with Crippen LogP contribution in [0.25, 0.3) is 21.9 Å². The summed E-state index contributed by atoms with van der Waals surface area (Å²) in [7, 11) is 1.71. The lowest BCUT2D eigenvalue weighted by Crippen LogP contribution is -2.30. The van der Waals surface area contributed by atoms with E-state index < -0.39 is 0 Å². The first-order chi connectivity index (χ1) is 15.5. The number of rotatable bonds is 5. The molecule has 9 heteroatoms. The molecule has 3 heterocycles. The van der Waals surface area contributed by atoms with Crippen LogP contribution in [-0.4, -0.2) is 34.2 Å². The number of thiazole rings is 1. The van der Waals surface area contributed by atoms with E-state index in [1.807, 2.05) is 42.5 Å². The highest BCUT2D eigenvalue weighted by atomic mass is 79.9. The monoisotopic (exact) mass is 510 g/mol. The summed E-state index contributed by atoms with van der Waals surface area (Å²) >= 11 is 4.63. The lowest BCUT2D eigenvalue weighted by Gasteiger charge is -2.08. The lowest BCUT2D eigenvalue weighted by molar-refractivity contribution is -0.112. The van der Waals surface area contributed by atoms with E-state index in [1.54, 1.807) is 11.9 Å². The molecule has 0 saturated carbocycles. The zero-order valence-electron chi connectivity index (χ0n) is 17.5. The molecular formula is C23H19BrN4O3S. The number of anilines is 1. The maximum atomic E-state index is 13.2. The number of aromatic nitrogens is 3. The van der Waals surface area contributed by atoms with E-state index in [-0.39, 0.29) is 11.5 Å². The number of carbonyl (C=O) groups is 1. The van der Waals surface area contributed by atoms with E-state index in [2.05, 4.69) is 32.9 Å². The van der Waals surface area contributed by atoms with Crippen LogP contribution in [-0.2, 0) is 4.79 Å². The third kappa shape index (κ3) is 3.41. The molecule has 0 radical (unpaired) electrons. The number of hydrogen-bond acceptors (Lipinski definition) is 6. The van der Waals surface area contributed by atoms with Crippen molar-refractivity contribution in [3.8, 4) is 17.1 Å². The van der Waals surface area contributed by atoms with Crippen LogP contribution >= 0.6 is 27.3 Å². The van der Waals surface area contributed by atoms with Crippen LogP contribution in [0, 0.1) is 0 Å². The van der Waals surface area contributed by atoms with Gasteiger partial charge in [-0.2, -0.15) is 9.50 Å². The molecule has 7 nitrogen and oxygen atoms in total. The highest BCUT2D eigenvalue weighted by Crippen LogP contribution is 2.36. The van der Waals surface area contributed by atoms with Gasteiger partial charge in [-0.1, -0.05) is 40.6 Å². The number of likely N-dealkylation sites (N-methyl/N-ethyl adjacent to an activating group) is 1. The van der Waals surface area contributed by atoms with Crippen LogP contribution in [0.4, 0.5) is 5.69 Å². The molecule has 2 aromatic carbocycles. The van der Waals surface area contributed by atoms with Crippen LogP contribution in [0.5, 0.6) is 5.75 Å². The van der Waals surface area contributed by atoms with Crippen LogP contribution in [0.1, 0.15) is 25.3 Å². The summed E-state index contributed by atoms with van der Waals surface area (Å²) in [6.45, 7) is 2.80. The van der Waals surface area contributed by atoms with Crippen molar-refractivity contribution >= 4 is 49.4 Å². The first-order valence-corrected chi connectivity index (χ1v) is 11.8. The highest BCUT2D eigenvalue weighted by Gasteiger charge is 2.32. The standard InChI is InChI=1S/C23H19BrN4O3S/c1-3-4-11-31-15-8-5-13(6-9-15)20-25-23-28(26-20)22(30)19(32-23)18-16-12-14(24)7-10-17(16)27(2)21(18)29/h5-10,12H,3-4,11H2,1-2H3. The van der Waals surface area contributed by atoms with Crippen molar-refractivity contribution in [1.82, 2.24) is 14.6 Å². The molecule has 0 N–H and O–H groups in total. The molecule has 1 aliphatic rings. The molecule has 5 rings (SSSR count). The van der Waals surface area contributed by atoms with Crippen LogP contribution < -0.4 is 19.7 Å². The number of hydrogen-bond donors (Lipinski definition) is 0. The summed E-state index contributed by atoms with van der Waals surface area (Å²) in [5.74, 6) is 1.04. The van der Waals surface area contributed by atoms with Crippen molar-refractivity contribution < 1.29 is 9.53 Å². The van der Waals surface area contributed by atoms with Gasteiger partial charge < -0.3 is 9.64 Å². The summed E-state index contributed by atoms with van der Waals surface area (Å²) in [6.07, 6.45) is 2.09. The Hall–Kier alpha value is -3.04. The van der Waals surface area contributed by atoms with E-state index in [9.17, 15) is 9.59 Å². The first kappa shape index (κ1) is 20.8. The first-order valence-electron chi connectivity index (χ1n) is 10.2. The minimum absolute atomic E-state index is 0.210. The summed E-state index contributed by atoms with van der Waals surface area (Å²) in [5.41, 5.74) is 2.35. The minimum atomic E-state index is -0.340. The van der Waals surface area contributed by atoms with Gasteiger partial charge in [-0.05, 0) is 48.9 Å². The van der Waals surface area contributed by atoms with Crippen molar-refractivity contribution in [2.75, 3.05) is 18.6 Å². The molecule has 0 spiro atoms. The van der Waals surface area contributed by atoms with Gasteiger partial charge in [0.15, 0.2) is 5.82 Å². The van der Waals surface area contributed by atoms with Crippen molar-refractivity contribution in [3.63, 3.8) is 0 Å². The summed E-state index contributed by atoms with van der Waals surface area (Å²) in [4.78, 5) is 32.6. The second-order valence-corrected chi connectivity index (χ2v) is 9.39. The van der Waals surface area contributed by atoms with E-state index in [0.717, 1.165) is 39.9 Å². The SMILES string of the molecule is CCCCOc1ccc(-c2nc3sc(=C4C(=O)N(C)c5ccc(Br)cc54)c(=O)n3n2)cc1. The predicted octanol–water partition coefficient (Wildman–Crippen LogP) is 3.65. The molecule has 0 unspecified atom stereocenters. The number of fused-ring (bicyclic) bond motifs is 2. The van der Waals surface area contributed by atoms with E-state index in [0.29, 0.717) is 27.5 Å². The largest absolute Gasteiger partial charge is 0.494 e. The molecule has 2 aromatic heterocycles. The average molecular weight is 511 g/mol. The summed E-state index contributed by atoms with van der Waals surface area (Å²) < 4.78 is 8.16. The van der Waals surface area contributed by atoms with Gasteiger partial charge in [-0.3, -0.25) is 9.59 Å². The molecule has 1 amide bonds. The highest BCUT2D eigenvalue weighted by molar-refractivity contribution is 9.10. The van der Waals surface area contributed by atoms with Crippen LogP contribution in [0.2, 0.25) is 0 Å². The number of unbranched alkanes of at least 4 members (excludes halogenated alkanes) is 1. The molecule has 162 valence electrons. The minimum Gasteiger partial charge on any atom is -0.494 e. The molecule has 4 aromatic rings. The summed E-state index contributed by atoms with van der Waals surface area (Å²) in [6, 6.07) is 13.1. The fraction of sp³-hybridized carbons (Fsp3) is 0.217. The normalized spacial score (nSPS) is 15.0. The number of halogens is 1. The Bertz CT molecular complexity index is 1460. The van der Waals surface area contributed by atoms with E-state index >= 15 is 0 Å². The molecule has 0 fully saturated rings. The van der Waals surface area contributed by atoms with Gasteiger partial charge in [0.2, 0.25) is 4.96 Å². The molecular weight excluding hydrogens is 492 g/mol. The van der Waals surface area contributed by atoms with Gasteiger partial charge in [-0.25, -0.2) is 0 Å². The number of amides is 1. The van der Waals surface area contributed by atoms with Gasteiger partial charge >= 0.3 is 0 Å². The molecule has 0 atom stereocenters. The second-order valence-electron chi connectivity index (χ2n) is 7.49. The maximum absolute atomic E-state index is 13.2. The predicted molar refractivity (Wildman–Crippen MR) is 128 cm³/mol. The molecule has 0 saturated heterocycles. The van der Waals surface area contributed by atoms with Crippen LogP contribution in [0.15, 0.2) is 51.7 Å². The number of nitrogens with zero attached hydrogens (tertiary/aromatic N) is 4. The Morgan fingerprint density at radius 2 is 1.91 bits per heavy atom. The zero-order valence-corrected chi connectivity index (χ0v) is 19.9. The van der Waals surface area contributed by atoms with Crippen molar-refractivity contribution in [3.05, 3.63) is 67.4 Å². The van der Waals surface area contributed by atoms with E-state index in [1.165, 1.54) is 15.9 Å². The Labute approximate surface area is 196 Å². The average Bonchev–Trinajstić information content (AvgIpc) is 3.41. The number of ether oxygens (including phenoxy) is 1. The maximum Gasteiger partial charge on any atom is 0.291 e. The van der Waals surface area contributed by atoms with Gasteiger partial charge in [0.25, 0.3) is 11.5 Å². The van der Waals surface area contributed by atoms with E-state index in [4.69, 9.17) is 4.74 Å².